The fourth-order valence-corrected chi connectivity index (χ4v) is 2.43. The van der Waals surface area contributed by atoms with Crippen LogP contribution in [-0.2, 0) is 6.42 Å². The second kappa shape index (κ2) is 10.8. The third kappa shape index (κ3) is 5.88. The summed E-state index contributed by atoms with van der Waals surface area (Å²) >= 11 is 0. The number of rotatable bonds is 9. The van der Waals surface area contributed by atoms with Crippen LogP contribution in [0.4, 0.5) is 0 Å². The summed E-state index contributed by atoms with van der Waals surface area (Å²) in [6, 6.07) is 9.04. The highest BCUT2D eigenvalue weighted by atomic mass is 35.5. The lowest BCUT2D eigenvalue weighted by Crippen LogP contribution is -2.35. The van der Waals surface area contributed by atoms with E-state index in [0.29, 0.717) is 29.5 Å². The Bertz CT molecular complexity index is 853. The molecule has 2 aromatic heterocycles. The standard InChI is InChI=1S/C17H21N7O3.ClH/c18-17(20-8-4-7-14-11-19-12-22-14)21-9-10-26-16-15(24(25)27-23-16)13-5-2-1-3-6-13;/h1-3,5-6,11-12H,4,7-10H2,(H,19,22)(H3,18,20,21);1H. The third-order valence-electron chi connectivity index (χ3n) is 3.72. The molecule has 0 saturated carbocycles. The first kappa shape index (κ1) is 21.0. The second-order valence-corrected chi connectivity index (χ2v) is 5.67. The lowest BCUT2D eigenvalue weighted by atomic mass is 10.2. The third-order valence-corrected chi connectivity index (χ3v) is 3.72. The molecular weight excluding hydrogens is 386 g/mol. The van der Waals surface area contributed by atoms with Crippen LogP contribution in [0.25, 0.3) is 11.3 Å². The number of guanidine groups is 1. The van der Waals surface area contributed by atoms with Gasteiger partial charge >= 0.3 is 5.88 Å². The van der Waals surface area contributed by atoms with Crippen LogP contribution >= 0.6 is 12.4 Å². The van der Waals surface area contributed by atoms with Crippen molar-refractivity contribution in [2.45, 2.75) is 12.8 Å². The van der Waals surface area contributed by atoms with Gasteiger partial charge in [-0.15, -0.1) is 12.4 Å². The first-order valence-electron chi connectivity index (χ1n) is 8.53. The number of H-pyrrole nitrogens is 1. The molecule has 0 aliphatic heterocycles. The zero-order valence-electron chi connectivity index (χ0n) is 15.1. The number of imidazole rings is 1. The number of nitrogens with two attached hydrogens (primary N) is 1. The summed E-state index contributed by atoms with van der Waals surface area (Å²) in [5.41, 5.74) is 7.78. The Morgan fingerprint density at radius 1 is 1.36 bits per heavy atom. The lowest BCUT2D eigenvalue weighted by Gasteiger charge is -2.05. The number of benzene rings is 1. The molecule has 1 aromatic carbocycles. The van der Waals surface area contributed by atoms with E-state index in [9.17, 15) is 5.21 Å². The summed E-state index contributed by atoms with van der Waals surface area (Å²) in [5.74, 6) is 0.471. The van der Waals surface area contributed by atoms with Gasteiger partial charge in [0, 0.05) is 24.0 Å². The van der Waals surface area contributed by atoms with Gasteiger partial charge in [-0.2, -0.15) is 0 Å². The molecule has 0 unspecified atom stereocenters. The number of halogens is 1. The Morgan fingerprint density at radius 2 is 2.18 bits per heavy atom. The van der Waals surface area contributed by atoms with E-state index in [-0.39, 0.29) is 30.6 Å². The first-order chi connectivity index (χ1) is 13.2. The predicted octanol–water partition coefficient (Wildman–Crippen LogP) is 1.04. The molecule has 0 atom stereocenters. The van der Waals surface area contributed by atoms with Crippen molar-refractivity contribution in [3.63, 3.8) is 0 Å². The van der Waals surface area contributed by atoms with Gasteiger partial charge in [0.1, 0.15) is 6.61 Å². The molecule has 3 rings (SSSR count). The molecule has 0 radical (unpaired) electrons. The summed E-state index contributed by atoms with van der Waals surface area (Å²) in [6.07, 6.45) is 5.18. The molecule has 2 heterocycles. The quantitative estimate of drug-likeness (QED) is 0.208. The summed E-state index contributed by atoms with van der Waals surface area (Å²) < 4.78 is 10.2. The monoisotopic (exact) mass is 407 g/mol. The Hall–Kier alpha value is -3.27. The van der Waals surface area contributed by atoms with Crippen molar-refractivity contribution < 1.29 is 14.3 Å². The van der Waals surface area contributed by atoms with Crippen molar-refractivity contribution >= 4 is 18.4 Å². The van der Waals surface area contributed by atoms with Crippen molar-refractivity contribution in [1.82, 2.24) is 20.4 Å². The number of ether oxygens (including phenoxy) is 1. The maximum atomic E-state index is 11.8. The number of aliphatic imine (C=N–C) groups is 1. The molecular formula is C17H22ClN7O3. The molecule has 4 N–H and O–H groups in total. The molecule has 10 nitrogen and oxygen atoms in total. The molecule has 150 valence electrons. The summed E-state index contributed by atoms with van der Waals surface area (Å²) in [7, 11) is 0. The van der Waals surface area contributed by atoms with Gasteiger partial charge in [0.15, 0.2) is 5.96 Å². The maximum absolute atomic E-state index is 11.8. The van der Waals surface area contributed by atoms with Crippen LogP contribution in [-0.4, -0.2) is 40.8 Å². The molecule has 3 aromatic rings. The summed E-state index contributed by atoms with van der Waals surface area (Å²) in [4.78, 5) is 11.6. The average Bonchev–Trinajstić information content (AvgIpc) is 3.33. The largest absolute Gasteiger partial charge is 0.453 e. The number of aromatic nitrogens is 4. The van der Waals surface area contributed by atoms with Crippen LogP contribution in [0.2, 0.25) is 0 Å². The Kier molecular flexibility index (Phi) is 8.10. The van der Waals surface area contributed by atoms with E-state index < -0.39 is 0 Å². The van der Waals surface area contributed by atoms with E-state index >= 15 is 0 Å². The summed E-state index contributed by atoms with van der Waals surface area (Å²) in [5, 5.41) is 18.4. The Labute approximate surface area is 167 Å². The normalized spacial score (nSPS) is 11.1. The number of hydrogen-bond donors (Lipinski definition) is 3. The van der Waals surface area contributed by atoms with E-state index in [1.807, 2.05) is 18.2 Å². The van der Waals surface area contributed by atoms with Gasteiger partial charge in [0.25, 0.3) is 5.69 Å². The SMILES string of the molecule is Cl.NC(=NCCCc1cnc[nH]1)NCCOc1no[n+]([O-])c1-c1ccccc1. The smallest absolute Gasteiger partial charge is 0.403 e. The molecule has 0 fully saturated rings. The highest BCUT2D eigenvalue weighted by molar-refractivity contribution is 5.85. The highest BCUT2D eigenvalue weighted by Crippen LogP contribution is 2.24. The van der Waals surface area contributed by atoms with Crippen molar-refractivity contribution in [1.29, 1.82) is 0 Å². The zero-order valence-corrected chi connectivity index (χ0v) is 15.9. The second-order valence-electron chi connectivity index (χ2n) is 5.67. The van der Waals surface area contributed by atoms with Gasteiger partial charge in [-0.3, -0.25) is 9.62 Å². The number of hydrogen-bond acceptors (Lipinski definition) is 6. The van der Waals surface area contributed by atoms with Gasteiger partial charge in [-0.25, -0.2) is 4.98 Å². The predicted molar refractivity (Wildman–Crippen MR) is 105 cm³/mol. The fraction of sp³-hybridized carbons (Fsp3) is 0.294. The van der Waals surface area contributed by atoms with Crippen LogP contribution in [0.15, 0.2) is 52.5 Å². The molecule has 0 saturated heterocycles. The van der Waals surface area contributed by atoms with Crippen molar-refractivity contribution in [2.75, 3.05) is 19.7 Å². The molecule has 0 spiro atoms. The van der Waals surface area contributed by atoms with Gasteiger partial charge in [0.2, 0.25) is 0 Å². The Morgan fingerprint density at radius 3 is 2.93 bits per heavy atom. The van der Waals surface area contributed by atoms with Crippen LogP contribution in [0, 0.1) is 5.21 Å². The van der Waals surface area contributed by atoms with E-state index in [0.717, 1.165) is 18.5 Å². The van der Waals surface area contributed by atoms with E-state index in [2.05, 4.69) is 30.1 Å². The average molecular weight is 408 g/mol. The van der Waals surface area contributed by atoms with Crippen molar-refractivity contribution in [2.24, 2.45) is 10.7 Å². The minimum absolute atomic E-state index is 0. The molecule has 28 heavy (non-hydrogen) atoms. The van der Waals surface area contributed by atoms with E-state index in [1.165, 1.54) is 0 Å². The molecule has 0 bridgehead atoms. The first-order valence-corrected chi connectivity index (χ1v) is 8.53. The van der Waals surface area contributed by atoms with Gasteiger partial charge in [-0.05, 0) is 17.7 Å². The van der Waals surface area contributed by atoms with Gasteiger partial charge in [-0.1, -0.05) is 30.3 Å². The molecule has 0 amide bonds. The van der Waals surface area contributed by atoms with Crippen molar-refractivity contribution in [3.8, 4) is 17.1 Å². The number of aromatic amines is 1. The minimum Gasteiger partial charge on any atom is -0.453 e. The number of nitrogens with zero attached hydrogens (tertiary/aromatic N) is 4. The molecule has 11 heteroatoms. The van der Waals surface area contributed by atoms with Crippen LogP contribution in [0.5, 0.6) is 5.88 Å². The zero-order chi connectivity index (χ0) is 18.9. The van der Waals surface area contributed by atoms with Crippen LogP contribution in [0.1, 0.15) is 12.1 Å². The van der Waals surface area contributed by atoms with E-state index in [4.69, 9.17) is 10.5 Å². The topological polar surface area (TPSA) is 141 Å². The van der Waals surface area contributed by atoms with Crippen LogP contribution < -0.4 is 20.7 Å². The van der Waals surface area contributed by atoms with E-state index in [1.54, 1.807) is 24.7 Å². The molecule has 0 aliphatic carbocycles. The van der Waals surface area contributed by atoms with Crippen LogP contribution in [0.3, 0.4) is 0 Å². The summed E-state index contributed by atoms with van der Waals surface area (Å²) in [6.45, 7) is 1.27. The molecule has 0 aliphatic rings. The van der Waals surface area contributed by atoms with Crippen molar-refractivity contribution in [3.05, 3.63) is 53.8 Å². The number of nitrogens with one attached hydrogen (secondary N) is 2. The Balaban J connectivity index is 0.00000280. The number of aryl methyl sites for hydroxylation is 1. The highest BCUT2D eigenvalue weighted by Gasteiger charge is 2.22. The maximum Gasteiger partial charge on any atom is 0.403 e. The van der Waals surface area contributed by atoms with Gasteiger partial charge < -0.3 is 26.0 Å². The minimum atomic E-state index is 0. The lowest BCUT2D eigenvalue weighted by molar-refractivity contribution is -0.793. The fourth-order valence-electron chi connectivity index (χ4n) is 2.43. The van der Waals surface area contributed by atoms with Gasteiger partial charge in [0.05, 0.1) is 18.0 Å².